The second-order valence-electron chi connectivity index (χ2n) is 4.80. The van der Waals surface area contributed by atoms with Gasteiger partial charge in [-0.1, -0.05) is 51.8 Å². The fraction of sp³-hybridized carbons (Fsp3) is 0.118. The molecule has 0 amide bonds. The molecule has 2 aromatic carbocycles. The van der Waals surface area contributed by atoms with E-state index in [0.29, 0.717) is 0 Å². The Labute approximate surface area is 137 Å². The molecule has 1 N–H and O–H groups in total. The second kappa shape index (κ2) is 6.56. The summed E-state index contributed by atoms with van der Waals surface area (Å²) in [5, 5.41) is 5.20. The third-order valence-electron chi connectivity index (χ3n) is 3.39. The molecule has 3 rings (SSSR count). The van der Waals surface area contributed by atoms with Crippen molar-refractivity contribution in [3.05, 3.63) is 75.4 Å². The molecule has 0 saturated heterocycles. The fourth-order valence-electron chi connectivity index (χ4n) is 2.31. The predicted molar refractivity (Wildman–Crippen MR) is 91.4 cm³/mol. The van der Waals surface area contributed by atoms with E-state index in [1.54, 1.807) is 6.20 Å². The van der Waals surface area contributed by atoms with Crippen molar-refractivity contribution >= 4 is 38.4 Å². The molecule has 0 radical (unpaired) electrons. The summed E-state index contributed by atoms with van der Waals surface area (Å²) < 4.78 is 1.12. The number of benzene rings is 2. The molecule has 0 aliphatic rings. The van der Waals surface area contributed by atoms with Crippen LogP contribution in [0.15, 0.2) is 59.2 Å². The summed E-state index contributed by atoms with van der Waals surface area (Å²) in [4.78, 5) is 4.45. The molecule has 0 aliphatic heterocycles. The third kappa shape index (κ3) is 3.26. The van der Waals surface area contributed by atoms with Crippen LogP contribution >= 0.6 is 27.5 Å². The van der Waals surface area contributed by atoms with Gasteiger partial charge in [-0.05, 0) is 35.4 Å². The van der Waals surface area contributed by atoms with Gasteiger partial charge in [0.15, 0.2) is 0 Å². The second-order valence-corrected chi connectivity index (χ2v) is 6.06. The van der Waals surface area contributed by atoms with Crippen LogP contribution in [0.3, 0.4) is 0 Å². The molecule has 0 atom stereocenters. The van der Waals surface area contributed by atoms with Crippen LogP contribution < -0.4 is 5.32 Å². The summed E-state index contributed by atoms with van der Waals surface area (Å²) >= 11 is 9.78. The highest BCUT2D eigenvalue weighted by atomic mass is 79.9. The number of hydrogen-bond donors (Lipinski definition) is 1. The number of pyridine rings is 1. The lowest BCUT2D eigenvalue weighted by Crippen LogP contribution is -2.13. The summed E-state index contributed by atoms with van der Waals surface area (Å²) in [5.41, 5.74) is 3.36. The molecule has 1 aromatic heterocycles. The lowest BCUT2D eigenvalue weighted by atomic mass is 10.1. The van der Waals surface area contributed by atoms with Crippen molar-refractivity contribution in [3.8, 4) is 0 Å². The van der Waals surface area contributed by atoms with Crippen LogP contribution in [0.1, 0.15) is 11.1 Å². The molecule has 0 unspecified atom stereocenters. The van der Waals surface area contributed by atoms with E-state index in [2.05, 4.69) is 38.4 Å². The number of rotatable bonds is 4. The summed E-state index contributed by atoms with van der Waals surface area (Å²) in [6.07, 6.45) is 1.80. The van der Waals surface area contributed by atoms with Crippen LogP contribution in [-0.4, -0.2) is 4.98 Å². The van der Waals surface area contributed by atoms with Gasteiger partial charge in [-0.3, -0.25) is 4.98 Å². The van der Waals surface area contributed by atoms with Gasteiger partial charge in [0.05, 0.1) is 5.52 Å². The molecule has 0 saturated carbocycles. The lowest BCUT2D eigenvalue weighted by Gasteiger charge is -2.09. The van der Waals surface area contributed by atoms with Crippen LogP contribution in [0.5, 0.6) is 0 Å². The van der Waals surface area contributed by atoms with Crippen molar-refractivity contribution in [2.45, 2.75) is 13.1 Å². The van der Waals surface area contributed by atoms with Gasteiger partial charge in [0, 0.05) is 34.2 Å². The molecule has 0 aliphatic carbocycles. The SMILES string of the molecule is Clc1ccc(CNCc2ccccc2Br)c2ncccc12. The summed E-state index contributed by atoms with van der Waals surface area (Å²) in [6.45, 7) is 1.56. The molecule has 0 bridgehead atoms. The quantitative estimate of drug-likeness (QED) is 0.712. The van der Waals surface area contributed by atoms with E-state index in [1.165, 1.54) is 5.56 Å². The van der Waals surface area contributed by atoms with E-state index in [0.717, 1.165) is 39.1 Å². The molecular formula is C17H14BrClN2. The summed E-state index contributed by atoms with van der Waals surface area (Å²) in [5.74, 6) is 0. The van der Waals surface area contributed by atoms with E-state index in [1.807, 2.05) is 36.4 Å². The Balaban J connectivity index is 1.77. The standard InChI is InChI=1S/C17H14BrClN2/c18-15-6-2-1-4-12(15)10-20-11-13-7-8-16(19)14-5-3-9-21-17(13)14/h1-9,20H,10-11H2. The van der Waals surface area contributed by atoms with Crippen molar-refractivity contribution in [3.63, 3.8) is 0 Å². The van der Waals surface area contributed by atoms with Crippen LogP contribution in [0, 0.1) is 0 Å². The van der Waals surface area contributed by atoms with E-state index in [9.17, 15) is 0 Å². The maximum absolute atomic E-state index is 6.21. The lowest BCUT2D eigenvalue weighted by molar-refractivity contribution is 0.694. The first-order valence-electron chi connectivity index (χ1n) is 6.72. The first-order valence-corrected chi connectivity index (χ1v) is 7.89. The fourth-order valence-corrected chi connectivity index (χ4v) is 2.95. The normalized spacial score (nSPS) is 11.0. The third-order valence-corrected chi connectivity index (χ3v) is 4.49. The van der Waals surface area contributed by atoms with Gasteiger partial charge in [0.2, 0.25) is 0 Å². The molecule has 3 aromatic rings. The largest absolute Gasteiger partial charge is 0.308 e. The molecule has 0 spiro atoms. The first-order chi connectivity index (χ1) is 10.3. The van der Waals surface area contributed by atoms with Gasteiger partial charge in [0.1, 0.15) is 0 Å². The van der Waals surface area contributed by atoms with E-state index in [-0.39, 0.29) is 0 Å². The first kappa shape index (κ1) is 14.5. The monoisotopic (exact) mass is 360 g/mol. The number of aromatic nitrogens is 1. The number of fused-ring (bicyclic) bond motifs is 1. The van der Waals surface area contributed by atoms with Gasteiger partial charge in [-0.2, -0.15) is 0 Å². The Morgan fingerprint density at radius 2 is 1.76 bits per heavy atom. The number of nitrogens with zero attached hydrogens (tertiary/aromatic N) is 1. The molecule has 21 heavy (non-hydrogen) atoms. The molecular weight excluding hydrogens is 348 g/mol. The highest BCUT2D eigenvalue weighted by molar-refractivity contribution is 9.10. The highest BCUT2D eigenvalue weighted by Gasteiger charge is 2.05. The molecule has 106 valence electrons. The van der Waals surface area contributed by atoms with E-state index < -0.39 is 0 Å². The minimum absolute atomic E-state index is 0.743. The number of nitrogens with one attached hydrogen (secondary N) is 1. The predicted octanol–water partition coefficient (Wildman–Crippen LogP) is 4.94. The molecule has 0 fully saturated rings. The van der Waals surface area contributed by atoms with Gasteiger partial charge in [-0.25, -0.2) is 0 Å². The minimum Gasteiger partial charge on any atom is -0.308 e. The van der Waals surface area contributed by atoms with Crippen LogP contribution in [0.4, 0.5) is 0 Å². The Morgan fingerprint density at radius 1 is 0.952 bits per heavy atom. The molecule has 4 heteroatoms. The zero-order valence-electron chi connectivity index (χ0n) is 11.3. The minimum atomic E-state index is 0.743. The van der Waals surface area contributed by atoms with Crippen LogP contribution in [0.2, 0.25) is 5.02 Å². The average molecular weight is 362 g/mol. The Kier molecular flexibility index (Phi) is 4.54. The van der Waals surface area contributed by atoms with Gasteiger partial charge in [-0.15, -0.1) is 0 Å². The number of halogens is 2. The van der Waals surface area contributed by atoms with Gasteiger partial charge >= 0.3 is 0 Å². The summed E-state index contributed by atoms with van der Waals surface area (Å²) in [7, 11) is 0. The molecule has 2 nitrogen and oxygen atoms in total. The van der Waals surface area contributed by atoms with E-state index in [4.69, 9.17) is 11.6 Å². The van der Waals surface area contributed by atoms with Gasteiger partial charge < -0.3 is 5.32 Å². The van der Waals surface area contributed by atoms with Crippen molar-refractivity contribution < 1.29 is 0 Å². The van der Waals surface area contributed by atoms with Crippen LogP contribution in [-0.2, 0) is 13.1 Å². The Hall–Kier alpha value is -1.42. The number of hydrogen-bond acceptors (Lipinski definition) is 2. The van der Waals surface area contributed by atoms with Crippen molar-refractivity contribution in [2.75, 3.05) is 0 Å². The maximum atomic E-state index is 6.21. The summed E-state index contributed by atoms with van der Waals surface area (Å²) in [6, 6.07) is 16.1. The molecule has 1 heterocycles. The Bertz CT molecular complexity index is 774. The van der Waals surface area contributed by atoms with Crippen molar-refractivity contribution in [2.24, 2.45) is 0 Å². The Morgan fingerprint density at radius 3 is 2.62 bits per heavy atom. The van der Waals surface area contributed by atoms with Crippen molar-refractivity contribution in [1.29, 1.82) is 0 Å². The zero-order chi connectivity index (χ0) is 14.7. The zero-order valence-corrected chi connectivity index (χ0v) is 13.7. The maximum Gasteiger partial charge on any atom is 0.0761 e. The van der Waals surface area contributed by atoms with Crippen LogP contribution in [0.25, 0.3) is 10.9 Å². The topological polar surface area (TPSA) is 24.9 Å². The average Bonchev–Trinajstić information content (AvgIpc) is 2.52. The highest BCUT2D eigenvalue weighted by Crippen LogP contribution is 2.24. The van der Waals surface area contributed by atoms with E-state index >= 15 is 0 Å². The van der Waals surface area contributed by atoms with Gasteiger partial charge in [0.25, 0.3) is 0 Å². The van der Waals surface area contributed by atoms with Crippen molar-refractivity contribution in [1.82, 2.24) is 10.3 Å². The smallest absolute Gasteiger partial charge is 0.0761 e.